The Morgan fingerprint density at radius 1 is 0.905 bits per heavy atom. The molecule has 0 rings (SSSR count). The monoisotopic (exact) mass is 300 g/mol. The molecule has 0 aromatic rings. The van der Waals surface area contributed by atoms with Crippen LogP contribution in [0.25, 0.3) is 0 Å². The molecule has 0 bridgehead atoms. The molecule has 0 fully saturated rings. The highest BCUT2D eigenvalue weighted by Crippen LogP contribution is 1.97. The van der Waals surface area contributed by atoms with Crippen molar-refractivity contribution in [3.8, 4) is 0 Å². The van der Waals surface area contributed by atoms with Gasteiger partial charge in [-0.25, -0.2) is 4.79 Å². The summed E-state index contributed by atoms with van der Waals surface area (Å²) < 4.78 is 0. The van der Waals surface area contributed by atoms with Crippen molar-refractivity contribution < 1.29 is 9.59 Å². The Morgan fingerprint density at radius 3 is 2.10 bits per heavy atom. The zero-order valence-electron chi connectivity index (χ0n) is 13.5. The zero-order chi connectivity index (χ0) is 15.9. The van der Waals surface area contributed by atoms with E-state index in [4.69, 9.17) is 5.73 Å². The number of unbranched alkanes of at least 4 members (excludes halogenated alkanes) is 5. The van der Waals surface area contributed by atoms with Crippen molar-refractivity contribution >= 4 is 11.9 Å². The van der Waals surface area contributed by atoms with Gasteiger partial charge in [0, 0.05) is 19.6 Å². The van der Waals surface area contributed by atoms with Gasteiger partial charge in [0.1, 0.15) is 6.04 Å². The van der Waals surface area contributed by atoms with Crippen molar-refractivity contribution in [2.75, 3.05) is 19.6 Å². The molecule has 6 heteroatoms. The van der Waals surface area contributed by atoms with E-state index in [1.165, 1.54) is 12.8 Å². The van der Waals surface area contributed by atoms with Crippen LogP contribution in [0.2, 0.25) is 0 Å². The molecule has 124 valence electrons. The molecule has 0 aliphatic carbocycles. The molecule has 0 saturated heterocycles. The predicted octanol–water partition coefficient (Wildman–Crippen LogP) is 1.50. The third kappa shape index (κ3) is 11.1. The van der Waals surface area contributed by atoms with Crippen molar-refractivity contribution in [3.05, 3.63) is 0 Å². The third-order valence-electron chi connectivity index (χ3n) is 3.25. The van der Waals surface area contributed by atoms with E-state index in [1.54, 1.807) is 0 Å². The van der Waals surface area contributed by atoms with E-state index in [2.05, 4.69) is 29.8 Å². The lowest BCUT2D eigenvalue weighted by Crippen LogP contribution is -2.53. The Hall–Kier alpha value is -1.30. The summed E-state index contributed by atoms with van der Waals surface area (Å²) in [5.74, 6) is -0.210. The Balaban J connectivity index is 3.85. The smallest absolute Gasteiger partial charge is 0.315 e. The van der Waals surface area contributed by atoms with Crippen LogP contribution in [0.15, 0.2) is 0 Å². The summed E-state index contributed by atoms with van der Waals surface area (Å²) in [5, 5.41) is 8.16. The number of hydrogen-bond acceptors (Lipinski definition) is 3. The molecule has 5 N–H and O–H groups in total. The van der Waals surface area contributed by atoms with E-state index in [0.717, 1.165) is 32.1 Å². The van der Waals surface area contributed by atoms with Gasteiger partial charge in [-0.15, -0.1) is 0 Å². The lowest BCUT2D eigenvalue weighted by atomic mass is 10.2. The highest BCUT2D eigenvalue weighted by molar-refractivity contribution is 5.87. The number of urea groups is 1. The van der Waals surface area contributed by atoms with Crippen LogP contribution in [0, 0.1) is 0 Å². The second-order valence-corrected chi connectivity index (χ2v) is 5.25. The minimum atomic E-state index is -0.664. The van der Waals surface area contributed by atoms with Gasteiger partial charge < -0.3 is 21.7 Å². The van der Waals surface area contributed by atoms with Crippen molar-refractivity contribution in [2.24, 2.45) is 5.73 Å². The standard InChI is InChI=1S/C15H32N4O2/c1-3-5-7-9-10-17-14(20)13(12-16)19-15(21)18-11-8-6-4-2/h13H,3-12,16H2,1-2H3,(H,17,20)(H2,18,19,21)/t13-/m0/s1. The van der Waals surface area contributed by atoms with Gasteiger partial charge >= 0.3 is 6.03 Å². The quantitative estimate of drug-likeness (QED) is 0.411. The highest BCUT2D eigenvalue weighted by atomic mass is 16.2. The first-order chi connectivity index (χ1) is 10.2. The van der Waals surface area contributed by atoms with Crippen LogP contribution in [-0.2, 0) is 4.79 Å². The number of amides is 3. The Bertz CT molecular complexity index is 285. The largest absolute Gasteiger partial charge is 0.354 e. The second kappa shape index (κ2) is 13.7. The van der Waals surface area contributed by atoms with E-state index in [-0.39, 0.29) is 18.5 Å². The molecule has 0 unspecified atom stereocenters. The fourth-order valence-corrected chi connectivity index (χ4v) is 1.90. The number of carbonyl (C=O) groups excluding carboxylic acids is 2. The van der Waals surface area contributed by atoms with Gasteiger partial charge in [-0.3, -0.25) is 4.79 Å². The molecule has 0 aliphatic heterocycles. The van der Waals surface area contributed by atoms with Crippen LogP contribution < -0.4 is 21.7 Å². The molecular weight excluding hydrogens is 268 g/mol. The molecule has 0 aromatic carbocycles. The van der Waals surface area contributed by atoms with Crippen LogP contribution in [0.4, 0.5) is 4.79 Å². The summed E-state index contributed by atoms with van der Waals surface area (Å²) in [4.78, 5) is 23.5. The normalized spacial score (nSPS) is 11.8. The van der Waals surface area contributed by atoms with Crippen LogP contribution in [0.3, 0.4) is 0 Å². The SMILES string of the molecule is CCCCCCNC(=O)[C@H](CN)NC(=O)NCCCCC. The maximum absolute atomic E-state index is 11.9. The zero-order valence-corrected chi connectivity index (χ0v) is 13.5. The van der Waals surface area contributed by atoms with Crippen molar-refractivity contribution in [2.45, 2.75) is 64.8 Å². The predicted molar refractivity (Wildman–Crippen MR) is 86.1 cm³/mol. The van der Waals surface area contributed by atoms with E-state index in [9.17, 15) is 9.59 Å². The Labute approximate surface area is 128 Å². The second-order valence-electron chi connectivity index (χ2n) is 5.25. The van der Waals surface area contributed by atoms with Crippen LogP contribution in [0.1, 0.15) is 58.8 Å². The number of rotatable bonds is 12. The number of nitrogens with two attached hydrogens (primary N) is 1. The Kier molecular flexibility index (Phi) is 12.8. The molecule has 0 spiro atoms. The summed E-state index contributed by atoms with van der Waals surface area (Å²) >= 11 is 0. The van der Waals surface area contributed by atoms with E-state index in [1.807, 2.05) is 0 Å². The average Bonchev–Trinajstić information content (AvgIpc) is 2.48. The highest BCUT2D eigenvalue weighted by Gasteiger charge is 2.18. The third-order valence-corrected chi connectivity index (χ3v) is 3.25. The van der Waals surface area contributed by atoms with Gasteiger partial charge in [0.2, 0.25) is 5.91 Å². The maximum Gasteiger partial charge on any atom is 0.315 e. The number of nitrogens with one attached hydrogen (secondary N) is 3. The molecule has 3 amide bonds. The van der Waals surface area contributed by atoms with Gasteiger partial charge in [-0.2, -0.15) is 0 Å². The van der Waals surface area contributed by atoms with Crippen LogP contribution in [-0.4, -0.2) is 37.6 Å². The molecule has 0 aliphatic rings. The molecule has 0 radical (unpaired) electrons. The topological polar surface area (TPSA) is 96.2 Å². The first-order valence-corrected chi connectivity index (χ1v) is 8.17. The van der Waals surface area contributed by atoms with Gasteiger partial charge in [0.25, 0.3) is 0 Å². The van der Waals surface area contributed by atoms with Crippen molar-refractivity contribution in [1.82, 2.24) is 16.0 Å². The molecule has 1 atom stereocenters. The van der Waals surface area contributed by atoms with E-state index in [0.29, 0.717) is 13.1 Å². The minimum Gasteiger partial charge on any atom is -0.354 e. The summed E-state index contributed by atoms with van der Waals surface area (Å²) in [7, 11) is 0. The molecular formula is C15H32N4O2. The van der Waals surface area contributed by atoms with Crippen LogP contribution >= 0.6 is 0 Å². The average molecular weight is 300 g/mol. The first kappa shape index (κ1) is 19.7. The summed E-state index contributed by atoms with van der Waals surface area (Å²) in [6, 6.07) is -0.995. The first-order valence-electron chi connectivity index (χ1n) is 8.17. The van der Waals surface area contributed by atoms with E-state index < -0.39 is 6.04 Å². The number of hydrogen-bond donors (Lipinski definition) is 4. The summed E-state index contributed by atoms with van der Waals surface area (Å²) in [6.07, 6.45) is 7.54. The lowest BCUT2D eigenvalue weighted by molar-refractivity contribution is -0.122. The molecule has 0 saturated carbocycles. The fourth-order valence-electron chi connectivity index (χ4n) is 1.90. The maximum atomic E-state index is 11.9. The van der Waals surface area contributed by atoms with Gasteiger partial charge in [-0.05, 0) is 12.8 Å². The molecule has 21 heavy (non-hydrogen) atoms. The fraction of sp³-hybridized carbons (Fsp3) is 0.867. The molecule has 6 nitrogen and oxygen atoms in total. The number of carbonyl (C=O) groups is 2. The van der Waals surface area contributed by atoms with Gasteiger partial charge in [0.05, 0.1) is 0 Å². The van der Waals surface area contributed by atoms with Crippen LogP contribution in [0.5, 0.6) is 0 Å². The van der Waals surface area contributed by atoms with Crippen molar-refractivity contribution in [3.63, 3.8) is 0 Å². The Morgan fingerprint density at radius 2 is 1.48 bits per heavy atom. The van der Waals surface area contributed by atoms with Crippen molar-refractivity contribution in [1.29, 1.82) is 0 Å². The van der Waals surface area contributed by atoms with Gasteiger partial charge in [-0.1, -0.05) is 46.0 Å². The molecule has 0 heterocycles. The van der Waals surface area contributed by atoms with Gasteiger partial charge in [0.15, 0.2) is 0 Å². The summed E-state index contributed by atoms with van der Waals surface area (Å²) in [6.45, 7) is 5.61. The minimum absolute atomic E-state index is 0.100. The summed E-state index contributed by atoms with van der Waals surface area (Å²) in [5.41, 5.74) is 5.55. The lowest BCUT2D eigenvalue weighted by Gasteiger charge is -2.17. The molecule has 0 aromatic heterocycles. The van der Waals surface area contributed by atoms with E-state index >= 15 is 0 Å².